The van der Waals surface area contributed by atoms with Gasteiger partial charge in [-0.15, -0.1) is 0 Å². The maximum absolute atomic E-state index is 9.88. The van der Waals surface area contributed by atoms with E-state index >= 15 is 0 Å². The van der Waals surface area contributed by atoms with Crippen LogP contribution in [0.3, 0.4) is 0 Å². The second-order valence-electron chi connectivity index (χ2n) is 3.61. The predicted octanol–water partition coefficient (Wildman–Crippen LogP) is 1.75. The first-order chi connectivity index (χ1) is 8.11. The van der Waals surface area contributed by atoms with Gasteiger partial charge in [0.2, 0.25) is 5.95 Å². The van der Waals surface area contributed by atoms with Gasteiger partial charge in [0.25, 0.3) is 0 Å². The molecule has 2 rings (SSSR count). The summed E-state index contributed by atoms with van der Waals surface area (Å²) in [6.07, 6.45) is 0. The number of aromatic hydroxyl groups is 1. The van der Waals surface area contributed by atoms with E-state index in [0.717, 1.165) is 5.69 Å². The van der Waals surface area contributed by atoms with E-state index in [4.69, 9.17) is 10.5 Å². The van der Waals surface area contributed by atoms with E-state index in [0.29, 0.717) is 17.0 Å². The van der Waals surface area contributed by atoms with Crippen molar-refractivity contribution < 1.29 is 9.84 Å². The lowest BCUT2D eigenvalue weighted by Gasteiger charge is -2.10. The first-order valence-electron chi connectivity index (χ1n) is 5.09. The van der Waals surface area contributed by atoms with Gasteiger partial charge in [0.05, 0.1) is 18.4 Å². The quantitative estimate of drug-likeness (QED) is 0.822. The normalized spacial score (nSPS) is 10.2. The van der Waals surface area contributed by atoms with Crippen molar-refractivity contribution in [3.8, 4) is 22.8 Å². The van der Waals surface area contributed by atoms with Gasteiger partial charge in [0.15, 0.2) is 0 Å². The second-order valence-corrected chi connectivity index (χ2v) is 3.61. The number of ether oxygens (including phenoxy) is 1. The van der Waals surface area contributed by atoms with Crippen LogP contribution in [0.5, 0.6) is 11.5 Å². The van der Waals surface area contributed by atoms with Crippen molar-refractivity contribution in [3.05, 3.63) is 30.0 Å². The third kappa shape index (κ3) is 2.13. The predicted molar refractivity (Wildman–Crippen MR) is 64.8 cm³/mol. The molecule has 0 spiro atoms. The van der Waals surface area contributed by atoms with Crippen molar-refractivity contribution in [2.75, 3.05) is 12.8 Å². The van der Waals surface area contributed by atoms with Crippen molar-refractivity contribution in [2.45, 2.75) is 6.92 Å². The molecule has 5 nitrogen and oxygen atoms in total. The van der Waals surface area contributed by atoms with Gasteiger partial charge in [0.1, 0.15) is 11.5 Å². The van der Waals surface area contributed by atoms with Gasteiger partial charge in [0, 0.05) is 5.69 Å². The highest BCUT2D eigenvalue weighted by Gasteiger charge is 2.13. The molecule has 5 heteroatoms. The fourth-order valence-electron chi connectivity index (χ4n) is 1.67. The molecule has 88 valence electrons. The molecule has 0 aliphatic rings. The lowest BCUT2D eigenvalue weighted by Crippen LogP contribution is -1.99. The molecule has 0 radical (unpaired) electrons. The highest BCUT2D eigenvalue weighted by Crippen LogP contribution is 2.36. The molecule has 1 aromatic carbocycles. The number of rotatable bonds is 2. The SMILES string of the molecule is COc1cccc(O)c1-c1cc(C)nc(N)n1. The molecule has 0 bridgehead atoms. The average molecular weight is 231 g/mol. The van der Waals surface area contributed by atoms with Gasteiger partial charge in [-0.1, -0.05) is 6.07 Å². The van der Waals surface area contributed by atoms with Gasteiger partial charge < -0.3 is 15.6 Å². The summed E-state index contributed by atoms with van der Waals surface area (Å²) >= 11 is 0. The number of nitrogens with two attached hydrogens (primary N) is 1. The van der Waals surface area contributed by atoms with E-state index < -0.39 is 0 Å². The molecule has 3 N–H and O–H groups in total. The standard InChI is InChI=1S/C12H13N3O2/c1-7-6-8(15-12(13)14-7)11-9(16)4-3-5-10(11)17-2/h3-6,16H,1-2H3,(H2,13,14,15). The molecule has 0 unspecified atom stereocenters. The monoisotopic (exact) mass is 231 g/mol. The number of anilines is 1. The summed E-state index contributed by atoms with van der Waals surface area (Å²) in [5.74, 6) is 0.814. The maximum Gasteiger partial charge on any atom is 0.220 e. The van der Waals surface area contributed by atoms with E-state index in [1.165, 1.54) is 7.11 Å². The molecule has 2 aromatic rings. The van der Waals surface area contributed by atoms with Crippen LogP contribution in [0, 0.1) is 6.92 Å². The van der Waals surface area contributed by atoms with Crippen molar-refractivity contribution in [2.24, 2.45) is 0 Å². The smallest absolute Gasteiger partial charge is 0.220 e. The number of nitrogens with zero attached hydrogens (tertiary/aromatic N) is 2. The number of aromatic nitrogens is 2. The average Bonchev–Trinajstić information content (AvgIpc) is 2.27. The number of methoxy groups -OCH3 is 1. The van der Waals surface area contributed by atoms with Crippen LogP contribution in [0.15, 0.2) is 24.3 Å². The number of nitrogen functional groups attached to an aromatic ring is 1. The molecule has 0 aliphatic carbocycles. The summed E-state index contributed by atoms with van der Waals surface area (Å²) < 4.78 is 5.20. The Bertz CT molecular complexity index is 535. The van der Waals surface area contributed by atoms with E-state index in [-0.39, 0.29) is 11.7 Å². The topological polar surface area (TPSA) is 81.3 Å². The Morgan fingerprint density at radius 2 is 2.06 bits per heavy atom. The molecular weight excluding hydrogens is 218 g/mol. The summed E-state index contributed by atoms with van der Waals surface area (Å²) in [6.45, 7) is 1.81. The number of phenols is 1. The van der Waals surface area contributed by atoms with Gasteiger partial charge in [-0.05, 0) is 25.1 Å². The Hall–Kier alpha value is -2.30. The Labute approximate surface area is 98.9 Å². The number of phenolic OH excluding ortho intramolecular Hbond substituents is 1. The Balaban J connectivity index is 2.67. The van der Waals surface area contributed by atoms with Crippen LogP contribution in [0.25, 0.3) is 11.3 Å². The zero-order valence-corrected chi connectivity index (χ0v) is 9.64. The minimum Gasteiger partial charge on any atom is -0.507 e. The van der Waals surface area contributed by atoms with Crippen LogP contribution < -0.4 is 10.5 Å². The van der Waals surface area contributed by atoms with Crippen LogP contribution in [0.1, 0.15) is 5.69 Å². The molecule has 1 heterocycles. The molecule has 0 amide bonds. The Kier molecular flexibility index (Phi) is 2.82. The minimum absolute atomic E-state index is 0.0989. The van der Waals surface area contributed by atoms with Gasteiger partial charge in [-0.25, -0.2) is 9.97 Å². The zero-order valence-electron chi connectivity index (χ0n) is 9.64. The van der Waals surface area contributed by atoms with E-state index in [1.54, 1.807) is 24.3 Å². The van der Waals surface area contributed by atoms with Crippen LogP contribution in [-0.4, -0.2) is 22.2 Å². The maximum atomic E-state index is 9.88. The van der Waals surface area contributed by atoms with E-state index in [1.807, 2.05) is 6.92 Å². The lowest BCUT2D eigenvalue weighted by molar-refractivity contribution is 0.410. The third-order valence-corrected chi connectivity index (χ3v) is 2.35. The highest BCUT2D eigenvalue weighted by molar-refractivity contribution is 5.74. The van der Waals surface area contributed by atoms with Crippen molar-refractivity contribution in [1.29, 1.82) is 0 Å². The van der Waals surface area contributed by atoms with Crippen molar-refractivity contribution in [1.82, 2.24) is 9.97 Å². The number of aryl methyl sites for hydroxylation is 1. The molecule has 0 fully saturated rings. The number of hydrogen-bond acceptors (Lipinski definition) is 5. The first-order valence-corrected chi connectivity index (χ1v) is 5.09. The van der Waals surface area contributed by atoms with Gasteiger partial charge >= 0.3 is 0 Å². The first kappa shape index (κ1) is 11.2. The molecule has 0 aliphatic heterocycles. The van der Waals surface area contributed by atoms with Crippen molar-refractivity contribution in [3.63, 3.8) is 0 Å². The second kappa shape index (κ2) is 4.29. The summed E-state index contributed by atoms with van der Waals surface area (Å²) in [6, 6.07) is 6.77. The molecule has 0 saturated heterocycles. The zero-order chi connectivity index (χ0) is 12.4. The highest BCUT2D eigenvalue weighted by atomic mass is 16.5. The molecule has 1 aromatic heterocycles. The van der Waals surface area contributed by atoms with Crippen LogP contribution in [0.2, 0.25) is 0 Å². The van der Waals surface area contributed by atoms with E-state index in [2.05, 4.69) is 9.97 Å². The lowest BCUT2D eigenvalue weighted by atomic mass is 10.1. The molecule has 0 saturated carbocycles. The molecule has 17 heavy (non-hydrogen) atoms. The fraction of sp³-hybridized carbons (Fsp3) is 0.167. The van der Waals surface area contributed by atoms with E-state index in [9.17, 15) is 5.11 Å². The summed E-state index contributed by atoms with van der Waals surface area (Å²) in [4.78, 5) is 8.09. The third-order valence-electron chi connectivity index (χ3n) is 2.35. The molecular formula is C12H13N3O2. The summed E-state index contributed by atoms with van der Waals surface area (Å²) in [5.41, 5.74) is 7.39. The van der Waals surface area contributed by atoms with Gasteiger partial charge in [-0.3, -0.25) is 0 Å². The van der Waals surface area contributed by atoms with Crippen LogP contribution in [-0.2, 0) is 0 Å². The minimum atomic E-state index is 0.0989. The summed E-state index contributed by atoms with van der Waals surface area (Å²) in [5, 5.41) is 9.88. The molecule has 0 atom stereocenters. The van der Waals surface area contributed by atoms with Gasteiger partial charge in [-0.2, -0.15) is 0 Å². The number of hydrogen-bond donors (Lipinski definition) is 2. The summed E-state index contributed by atoms with van der Waals surface area (Å²) in [7, 11) is 1.54. The van der Waals surface area contributed by atoms with Crippen molar-refractivity contribution >= 4 is 5.95 Å². The van der Waals surface area contributed by atoms with Crippen LogP contribution >= 0.6 is 0 Å². The number of benzene rings is 1. The fourth-order valence-corrected chi connectivity index (χ4v) is 1.67. The Morgan fingerprint density at radius 1 is 1.29 bits per heavy atom. The Morgan fingerprint density at radius 3 is 2.71 bits per heavy atom. The largest absolute Gasteiger partial charge is 0.507 e. The van der Waals surface area contributed by atoms with Crippen LogP contribution in [0.4, 0.5) is 5.95 Å².